The van der Waals surface area contributed by atoms with Crippen LogP contribution in [-0.4, -0.2) is 69.8 Å². The van der Waals surface area contributed by atoms with Crippen molar-refractivity contribution >= 4 is 38.9 Å². The maximum atomic E-state index is 12.9. The summed E-state index contributed by atoms with van der Waals surface area (Å²) in [6.45, 7) is 2.14. The molecular formula is C18H21N3O5S2. The van der Waals surface area contributed by atoms with Crippen LogP contribution < -0.4 is 5.32 Å². The van der Waals surface area contributed by atoms with Crippen LogP contribution in [0.25, 0.3) is 0 Å². The number of nitrogens with one attached hydrogen (secondary N) is 1. The summed E-state index contributed by atoms with van der Waals surface area (Å²) in [7, 11) is -0.464. The van der Waals surface area contributed by atoms with E-state index in [9.17, 15) is 18.0 Å². The zero-order valence-corrected chi connectivity index (χ0v) is 17.2. The molecule has 0 bridgehead atoms. The molecule has 0 radical (unpaired) electrons. The van der Waals surface area contributed by atoms with E-state index < -0.39 is 21.9 Å². The number of sulfonamides is 1. The molecule has 1 aliphatic rings. The Bertz CT molecular complexity index is 979. The van der Waals surface area contributed by atoms with Gasteiger partial charge in [-0.25, -0.2) is 13.2 Å². The van der Waals surface area contributed by atoms with Crippen LogP contribution in [-0.2, 0) is 14.8 Å². The number of rotatable bonds is 5. The van der Waals surface area contributed by atoms with E-state index in [0.29, 0.717) is 31.9 Å². The third-order valence-corrected chi connectivity index (χ3v) is 7.27. The van der Waals surface area contributed by atoms with Gasteiger partial charge in [0, 0.05) is 31.7 Å². The first-order valence-corrected chi connectivity index (χ1v) is 10.9. The predicted octanol–water partition coefficient (Wildman–Crippen LogP) is 1.72. The van der Waals surface area contributed by atoms with E-state index in [1.165, 1.54) is 35.7 Å². The zero-order chi connectivity index (χ0) is 20.3. The molecule has 150 valence electrons. The molecule has 1 aliphatic heterocycles. The Morgan fingerprint density at radius 3 is 2.54 bits per heavy atom. The van der Waals surface area contributed by atoms with Crippen LogP contribution in [0.3, 0.4) is 0 Å². The first kappa shape index (κ1) is 20.5. The van der Waals surface area contributed by atoms with Crippen molar-refractivity contribution < 1.29 is 22.7 Å². The lowest BCUT2D eigenvalue weighted by molar-refractivity contribution is 0.0607. The Balaban J connectivity index is 1.80. The highest BCUT2D eigenvalue weighted by atomic mass is 32.2. The number of piperazine rings is 1. The lowest BCUT2D eigenvalue weighted by atomic mass is 10.2. The zero-order valence-electron chi connectivity index (χ0n) is 15.5. The van der Waals surface area contributed by atoms with Crippen LogP contribution in [0.1, 0.15) is 20.0 Å². The number of thiophene rings is 1. The number of carbonyl (C=O) groups is 2. The van der Waals surface area contributed by atoms with Gasteiger partial charge in [-0.2, -0.15) is 4.31 Å². The number of benzene rings is 1. The number of methoxy groups -OCH3 is 1. The molecule has 0 unspecified atom stereocenters. The van der Waals surface area contributed by atoms with E-state index in [-0.39, 0.29) is 15.3 Å². The Hall–Kier alpha value is -2.27. The van der Waals surface area contributed by atoms with Crippen molar-refractivity contribution in [2.45, 2.75) is 4.90 Å². The van der Waals surface area contributed by atoms with Crippen molar-refractivity contribution in [2.24, 2.45) is 0 Å². The van der Waals surface area contributed by atoms with Gasteiger partial charge in [0.05, 0.1) is 17.7 Å². The largest absolute Gasteiger partial charge is 0.465 e. The fourth-order valence-electron chi connectivity index (χ4n) is 2.83. The van der Waals surface area contributed by atoms with E-state index in [4.69, 9.17) is 4.74 Å². The fraction of sp³-hybridized carbons (Fsp3) is 0.333. The molecule has 1 aromatic heterocycles. The monoisotopic (exact) mass is 423 g/mol. The van der Waals surface area contributed by atoms with Gasteiger partial charge in [-0.05, 0) is 36.7 Å². The van der Waals surface area contributed by atoms with Crippen molar-refractivity contribution in [3.63, 3.8) is 0 Å². The van der Waals surface area contributed by atoms with Gasteiger partial charge in [-0.1, -0.05) is 6.07 Å². The Labute approximate surface area is 167 Å². The number of esters is 1. The minimum atomic E-state index is -3.67. The first-order valence-electron chi connectivity index (χ1n) is 8.59. The number of anilines is 1. The van der Waals surface area contributed by atoms with Crippen LogP contribution in [0.15, 0.2) is 40.6 Å². The van der Waals surface area contributed by atoms with Crippen molar-refractivity contribution in [3.8, 4) is 0 Å². The third-order valence-electron chi connectivity index (χ3n) is 4.48. The molecule has 0 spiro atoms. The topological polar surface area (TPSA) is 96.0 Å². The predicted molar refractivity (Wildman–Crippen MR) is 106 cm³/mol. The molecule has 8 nitrogen and oxygen atoms in total. The van der Waals surface area contributed by atoms with E-state index in [2.05, 4.69) is 10.2 Å². The van der Waals surface area contributed by atoms with Gasteiger partial charge >= 0.3 is 5.97 Å². The molecule has 1 N–H and O–H groups in total. The minimum Gasteiger partial charge on any atom is -0.465 e. The number of nitrogens with zero attached hydrogens (tertiary/aromatic N) is 2. The number of likely N-dealkylation sites (N-methyl/N-ethyl adjacent to an activating group) is 1. The molecule has 2 aromatic rings. The molecule has 1 saturated heterocycles. The number of amides is 1. The Kier molecular flexibility index (Phi) is 6.14. The van der Waals surface area contributed by atoms with Crippen LogP contribution in [0, 0.1) is 0 Å². The average Bonchev–Trinajstić information content (AvgIpc) is 3.16. The van der Waals surface area contributed by atoms with E-state index in [0.717, 1.165) is 11.3 Å². The van der Waals surface area contributed by atoms with Gasteiger partial charge in [-0.3, -0.25) is 4.79 Å². The molecule has 2 heterocycles. The van der Waals surface area contributed by atoms with Crippen molar-refractivity contribution in [3.05, 3.63) is 46.2 Å². The quantitative estimate of drug-likeness (QED) is 0.736. The highest BCUT2D eigenvalue weighted by Crippen LogP contribution is 2.24. The highest BCUT2D eigenvalue weighted by molar-refractivity contribution is 7.89. The number of hydrogen-bond acceptors (Lipinski definition) is 7. The molecule has 0 atom stereocenters. The van der Waals surface area contributed by atoms with Gasteiger partial charge in [0.15, 0.2) is 0 Å². The Morgan fingerprint density at radius 1 is 1.14 bits per heavy atom. The smallest absolute Gasteiger partial charge is 0.350 e. The highest BCUT2D eigenvalue weighted by Gasteiger charge is 2.28. The first-order chi connectivity index (χ1) is 13.3. The summed E-state index contributed by atoms with van der Waals surface area (Å²) in [4.78, 5) is 26.8. The van der Waals surface area contributed by atoms with Crippen molar-refractivity contribution in [1.82, 2.24) is 9.21 Å². The van der Waals surface area contributed by atoms with E-state index >= 15 is 0 Å². The fourth-order valence-corrected chi connectivity index (χ4v) is 5.06. The SMILES string of the molecule is COC(=O)c1sccc1NC(=O)c1cccc(S(=O)(=O)N2CCN(C)CC2)c1. The minimum absolute atomic E-state index is 0.0724. The molecule has 1 fully saturated rings. The number of ether oxygens (including phenoxy) is 1. The molecule has 1 amide bonds. The lowest BCUT2D eigenvalue weighted by Crippen LogP contribution is -2.47. The summed E-state index contributed by atoms with van der Waals surface area (Å²) in [5, 5.41) is 4.30. The summed E-state index contributed by atoms with van der Waals surface area (Å²) in [6.07, 6.45) is 0. The maximum Gasteiger partial charge on any atom is 0.350 e. The molecule has 3 rings (SSSR count). The van der Waals surface area contributed by atoms with Gasteiger partial charge in [0.2, 0.25) is 10.0 Å². The van der Waals surface area contributed by atoms with Crippen LogP contribution in [0.4, 0.5) is 5.69 Å². The second-order valence-electron chi connectivity index (χ2n) is 6.34. The second-order valence-corrected chi connectivity index (χ2v) is 9.20. The summed E-state index contributed by atoms with van der Waals surface area (Å²) >= 11 is 1.15. The second kappa shape index (κ2) is 8.39. The molecule has 1 aromatic carbocycles. The standard InChI is InChI=1S/C18H21N3O5S2/c1-20-7-9-21(10-8-20)28(24,25)14-5-3-4-13(12-14)17(22)19-15-6-11-27-16(15)18(23)26-2/h3-6,11-12H,7-10H2,1-2H3,(H,19,22). The summed E-state index contributed by atoms with van der Waals surface area (Å²) in [5.74, 6) is -1.05. The number of carbonyl (C=O) groups excluding carboxylic acids is 2. The van der Waals surface area contributed by atoms with Crippen LogP contribution >= 0.6 is 11.3 Å². The Morgan fingerprint density at radius 2 is 1.86 bits per heavy atom. The van der Waals surface area contributed by atoms with Crippen molar-refractivity contribution in [2.75, 3.05) is 45.7 Å². The van der Waals surface area contributed by atoms with Crippen LogP contribution in [0.5, 0.6) is 0 Å². The normalized spacial score (nSPS) is 15.9. The lowest BCUT2D eigenvalue weighted by Gasteiger charge is -2.31. The molecule has 0 aliphatic carbocycles. The maximum absolute atomic E-state index is 12.9. The van der Waals surface area contributed by atoms with Gasteiger partial charge < -0.3 is 15.0 Å². The third kappa shape index (κ3) is 4.25. The van der Waals surface area contributed by atoms with Gasteiger partial charge in [0.1, 0.15) is 4.88 Å². The summed E-state index contributed by atoms with van der Waals surface area (Å²) in [6, 6.07) is 7.50. The summed E-state index contributed by atoms with van der Waals surface area (Å²) in [5.41, 5.74) is 0.520. The molecular weight excluding hydrogens is 402 g/mol. The number of hydrogen-bond donors (Lipinski definition) is 1. The van der Waals surface area contributed by atoms with Crippen molar-refractivity contribution in [1.29, 1.82) is 0 Å². The van der Waals surface area contributed by atoms with Crippen LogP contribution in [0.2, 0.25) is 0 Å². The summed E-state index contributed by atoms with van der Waals surface area (Å²) < 4.78 is 31.9. The van der Waals surface area contributed by atoms with Gasteiger partial charge in [-0.15, -0.1) is 11.3 Å². The molecule has 0 saturated carbocycles. The molecule has 10 heteroatoms. The molecule has 28 heavy (non-hydrogen) atoms. The van der Waals surface area contributed by atoms with E-state index in [1.54, 1.807) is 11.4 Å². The van der Waals surface area contributed by atoms with E-state index in [1.807, 2.05) is 7.05 Å². The average molecular weight is 424 g/mol. The van der Waals surface area contributed by atoms with Gasteiger partial charge in [0.25, 0.3) is 5.91 Å².